The maximum atomic E-state index is 5.93. The van der Waals surface area contributed by atoms with Gasteiger partial charge in [-0.3, -0.25) is 5.32 Å². The molecule has 1 saturated carbocycles. The third-order valence-corrected chi connectivity index (χ3v) is 4.20. The van der Waals surface area contributed by atoms with E-state index in [-0.39, 0.29) is 12.4 Å². The number of rotatable bonds is 2. The van der Waals surface area contributed by atoms with E-state index >= 15 is 0 Å². The van der Waals surface area contributed by atoms with Crippen LogP contribution in [0.3, 0.4) is 0 Å². The van der Waals surface area contributed by atoms with Crippen LogP contribution in [0.15, 0.2) is 0 Å². The fourth-order valence-electron chi connectivity index (χ4n) is 2.97. The lowest BCUT2D eigenvalue weighted by Gasteiger charge is -2.26. The van der Waals surface area contributed by atoms with Crippen LogP contribution in [0.2, 0.25) is 0 Å². The minimum absolute atomic E-state index is 0. The average molecular weight is 279 g/mol. The van der Waals surface area contributed by atoms with Gasteiger partial charge in [-0.1, -0.05) is 19.3 Å². The smallest absolute Gasteiger partial charge is 0.233 e. The quantitative estimate of drug-likeness (QED) is 0.708. The molecule has 1 aliphatic heterocycles. The molecule has 2 rings (SSSR count). The first-order valence-electron chi connectivity index (χ1n) is 6.85. The summed E-state index contributed by atoms with van der Waals surface area (Å²) in [6.07, 6.45) is 12.6. The van der Waals surface area contributed by atoms with Crippen molar-refractivity contribution in [3.63, 3.8) is 0 Å². The van der Waals surface area contributed by atoms with Crippen LogP contribution in [0.1, 0.15) is 57.8 Å². The van der Waals surface area contributed by atoms with Crippen molar-refractivity contribution in [2.75, 3.05) is 6.54 Å². The van der Waals surface area contributed by atoms with Crippen molar-refractivity contribution >= 4 is 17.3 Å². The fraction of sp³-hybridized carbons (Fsp3) is 0.923. The summed E-state index contributed by atoms with van der Waals surface area (Å²) in [6, 6.07) is 0.732. The van der Waals surface area contributed by atoms with Crippen molar-refractivity contribution < 1.29 is 17.0 Å². The minimum atomic E-state index is 0. The van der Waals surface area contributed by atoms with Gasteiger partial charge in [-0.2, -0.15) is 0 Å². The molecule has 0 aromatic rings. The van der Waals surface area contributed by atoms with Crippen LogP contribution in [-0.2, 0) is 0 Å². The zero-order valence-corrected chi connectivity index (χ0v) is 12.0. The van der Waals surface area contributed by atoms with Gasteiger partial charge in [0, 0.05) is 18.9 Å². The van der Waals surface area contributed by atoms with Gasteiger partial charge in [0.25, 0.3) is 0 Å². The molecule has 0 bridgehead atoms. The summed E-state index contributed by atoms with van der Waals surface area (Å²) in [5.74, 6) is 0. The molecular weight excluding hydrogens is 255 g/mol. The van der Waals surface area contributed by atoms with Gasteiger partial charge < -0.3 is 12.4 Å². The molecule has 1 saturated heterocycles. The van der Waals surface area contributed by atoms with E-state index in [1.165, 1.54) is 57.8 Å². The zero-order chi connectivity index (χ0) is 11.2. The topological polar surface area (TPSA) is 15.0 Å². The summed E-state index contributed by atoms with van der Waals surface area (Å²) >= 11 is 5.93. The maximum Gasteiger partial charge on any atom is 0.233 e. The van der Waals surface area contributed by atoms with Gasteiger partial charge in [-0.05, 0) is 37.3 Å². The van der Waals surface area contributed by atoms with E-state index in [1.807, 2.05) is 0 Å². The van der Waals surface area contributed by atoms with Gasteiger partial charge in [0.1, 0.15) is 6.54 Å². The molecule has 1 atom stereocenters. The van der Waals surface area contributed by atoms with Crippen molar-refractivity contribution in [2.45, 2.75) is 70.0 Å². The second-order valence-corrected chi connectivity index (χ2v) is 5.40. The van der Waals surface area contributed by atoms with Crippen LogP contribution in [0.5, 0.6) is 0 Å². The molecule has 100 valence electrons. The molecule has 0 radical (unpaired) electrons. The number of hydrogen-bond acceptors (Lipinski definition) is 1. The lowest BCUT2D eigenvalue weighted by molar-refractivity contribution is -0.566. The second-order valence-electron chi connectivity index (χ2n) is 5.20. The average Bonchev–Trinajstić information content (AvgIpc) is 2.55. The first-order valence-corrected chi connectivity index (χ1v) is 7.29. The van der Waals surface area contributed by atoms with E-state index in [2.05, 4.69) is 9.89 Å². The Hall–Kier alpha value is 0.210. The molecule has 1 heterocycles. The van der Waals surface area contributed by atoms with Gasteiger partial charge in [0.2, 0.25) is 11.8 Å². The molecule has 2 fully saturated rings. The Morgan fingerprint density at radius 3 is 2.29 bits per heavy atom. The maximum absolute atomic E-state index is 5.93. The van der Waals surface area contributed by atoms with Crippen LogP contribution < -0.4 is 17.7 Å². The molecule has 0 aromatic carbocycles. The van der Waals surface area contributed by atoms with E-state index in [0.29, 0.717) is 6.17 Å². The van der Waals surface area contributed by atoms with Crippen molar-refractivity contribution in [1.82, 2.24) is 5.32 Å². The zero-order valence-electron chi connectivity index (χ0n) is 10.5. The predicted octanol–water partition coefficient (Wildman–Crippen LogP) is 0.0924. The Morgan fingerprint density at radius 2 is 1.59 bits per heavy atom. The third kappa shape index (κ3) is 4.76. The van der Waals surface area contributed by atoms with Gasteiger partial charge in [0.05, 0.1) is 0 Å². The molecule has 1 unspecified atom stereocenters. The fourth-order valence-corrected chi connectivity index (χ4v) is 3.20. The van der Waals surface area contributed by atoms with E-state index < -0.39 is 0 Å². The molecule has 17 heavy (non-hydrogen) atoms. The highest BCUT2D eigenvalue weighted by Gasteiger charge is 2.26. The van der Waals surface area contributed by atoms with E-state index in [1.54, 1.807) is 5.67 Å². The van der Waals surface area contributed by atoms with E-state index in [9.17, 15) is 0 Å². The lowest BCUT2D eigenvalue weighted by Crippen LogP contribution is -3.00. The van der Waals surface area contributed by atoms with Crippen LogP contribution in [-0.4, -0.2) is 29.0 Å². The molecular formula is C13H24Cl2N2. The van der Waals surface area contributed by atoms with Crippen LogP contribution >= 0.6 is 11.6 Å². The number of nitrogens with one attached hydrogen (secondary N) is 1. The van der Waals surface area contributed by atoms with Gasteiger partial charge >= 0.3 is 0 Å². The lowest BCUT2D eigenvalue weighted by atomic mass is 9.95. The SMILES string of the molecule is Cl/C=[N+]1\CCCCCC1NC1CCCCC1.[Cl-]. The minimum Gasteiger partial charge on any atom is -1.00 e. The first-order chi connectivity index (χ1) is 7.90. The number of halogens is 2. The van der Waals surface area contributed by atoms with Crippen molar-refractivity contribution in [2.24, 2.45) is 0 Å². The monoisotopic (exact) mass is 278 g/mol. The Balaban J connectivity index is 0.00000144. The van der Waals surface area contributed by atoms with Crippen molar-refractivity contribution in [3.8, 4) is 0 Å². The van der Waals surface area contributed by atoms with Crippen molar-refractivity contribution in [1.29, 1.82) is 0 Å². The Morgan fingerprint density at radius 1 is 0.941 bits per heavy atom. The highest BCUT2D eigenvalue weighted by Crippen LogP contribution is 2.20. The summed E-state index contributed by atoms with van der Waals surface area (Å²) in [5.41, 5.74) is 1.76. The predicted molar refractivity (Wildman–Crippen MR) is 69.3 cm³/mol. The highest BCUT2D eigenvalue weighted by molar-refractivity contribution is 6.54. The van der Waals surface area contributed by atoms with Gasteiger partial charge in [-0.25, -0.2) is 4.58 Å². The first kappa shape index (κ1) is 15.3. The molecule has 0 spiro atoms. The molecule has 0 amide bonds. The second kappa shape index (κ2) is 8.34. The Kier molecular flexibility index (Phi) is 7.49. The summed E-state index contributed by atoms with van der Waals surface area (Å²) in [6.45, 7) is 1.12. The molecule has 2 nitrogen and oxygen atoms in total. The normalized spacial score (nSPS) is 29.7. The van der Waals surface area contributed by atoms with Crippen LogP contribution in [0.25, 0.3) is 0 Å². The molecule has 0 aromatic heterocycles. The number of hydrogen-bond donors (Lipinski definition) is 1. The summed E-state index contributed by atoms with van der Waals surface area (Å²) in [7, 11) is 0. The Labute approximate surface area is 116 Å². The largest absolute Gasteiger partial charge is 1.00 e. The summed E-state index contributed by atoms with van der Waals surface area (Å²) in [5, 5.41) is 3.81. The van der Waals surface area contributed by atoms with Crippen molar-refractivity contribution in [3.05, 3.63) is 0 Å². The standard InChI is InChI=1S/C13H24ClN2.ClH/c14-11-16-10-6-2-5-9-13(16)15-12-7-3-1-4-8-12;/h11-13,15H,1-10H2;1H/q+1;/p-1/b16-11+;. The molecule has 4 heteroatoms. The third-order valence-electron chi connectivity index (χ3n) is 3.95. The van der Waals surface area contributed by atoms with Gasteiger partial charge in [0.15, 0.2) is 0 Å². The van der Waals surface area contributed by atoms with E-state index in [0.717, 1.165) is 12.6 Å². The summed E-state index contributed by atoms with van der Waals surface area (Å²) in [4.78, 5) is 0. The van der Waals surface area contributed by atoms with Crippen LogP contribution in [0, 0.1) is 0 Å². The highest BCUT2D eigenvalue weighted by atomic mass is 35.5. The van der Waals surface area contributed by atoms with Crippen LogP contribution in [0.4, 0.5) is 0 Å². The van der Waals surface area contributed by atoms with E-state index in [4.69, 9.17) is 11.6 Å². The molecule has 1 N–H and O–H groups in total. The molecule has 2 aliphatic rings. The molecule has 1 aliphatic carbocycles. The van der Waals surface area contributed by atoms with Gasteiger partial charge in [-0.15, -0.1) is 0 Å². The summed E-state index contributed by atoms with van der Waals surface area (Å²) < 4.78 is 2.29. The Bertz CT molecular complexity index is 238. The number of nitrogens with zero attached hydrogens (tertiary/aromatic N) is 1.